The summed E-state index contributed by atoms with van der Waals surface area (Å²) in [4.78, 5) is 26.7. The first-order valence-electron chi connectivity index (χ1n) is 6.11. The van der Waals surface area contributed by atoms with Gasteiger partial charge in [-0.3, -0.25) is 9.59 Å². The minimum absolute atomic E-state index is 0.0232. The molecular weight excluding hydrogens is 218 g/mol. The molecule has 0 spiro atoms. The Bertz CT molecular complexity index is 322. The maximum atomic E-state index is 11.8. The molecule has 5 heteroatoms. The number of nitriles is 1. The number of unbranched alkanes of at least 4 members (excludes halogenated alkanes) is 2. The van der Waals surface area contributed by atoms with Crippen LogP contribution in [0.15, 0.2) is 0 Å². The van der Waals surface area contributed by atoms with Gasteiger partial charge in [-0.1, -0.05) is 6.92 Å². The summed E-state index contributed by atoms with van der Waals surface area (Å²) in [5.74, 6) is 0.0572. The first-order chi connectivity index (χ1) is 8.19. The molecule has 1 saturated heterocycles. The van der Waals surface area contributed by atoms with Crippen LogP contribution in [-0.2, 0) is 9.59 Å². The molecule has 94 valence electrons. The lowest BCUT2D eigenvalue weighted by molar-refractivity contribution is -0.150. The summed E-state index contributed by atoms with van der Waals surface area (Å²) in [6.07, 6.45) is 2.96. The van der Waals surface area contributed by atoms with Gasteiger partial charge in [-0.25, -0.2) is 0 Å². The molecule has 0 aromatic heterocycles. The Labute approximate surface area is 102 Å². The van der Waals surface area contributed by atoms with Crippen molar-refractivity contribution in [3.05, 3.63) is 0 Å². The highest BCUT2D eigenvalue weighted by Crippen LogP contribution is 2.07. The van der Waals surface area contributed by atoms with E-state index in [9.17, 15) is 9.59 Å². The van der Waals surface area contributed by atoms with E-state index in [2.05, 4.69) is 6.07 Å². The minimum Gasteiger partial charge on any atom is -0.332 e. The SMILES string of the molecule is CCCN1CC(=O)N(CCCCC#N)CC1=O. The first-order valence-corrected chi connectivity index (χ1v) is 6.11. The van der Waals surface area contributed by atoms with E-state index in [-0.39, 0.29) is 24.9 Å². The Balaban J connectivity index is 2.36. The maximum absolute atomic E-state index is 11.8. The molecule has 0 saturated carbocycles. The molecule has 1 heterocycles. The van der Waals surface area contributed by atoms with Crippen molar-refractivity contribution in [1.29, 1.82) is 5.26 Å². The first kappa shape index (κ1) is 13.5. The van der Waals surface area contributed by atoms with Crippen LogP contribution in [0.25, 0.3) is 0 Å². The monoisotopic (exact) mass is 237 g/mol. The number of carbonyl (C=O) groups excluding carboxylic acids is 2. The molecule has 5 nitrogen and oxygen atoms in total. The summed E-state index contributed by atoms with van der Waals surface area (Å²) < 4.78 is 0. The summed E-state index contributed by atoms with van der Waals surface area (Å²) in [6, 6.07) is 2.07. The highest BCUT2D eigenvalue weighted by molar-refractivity contribution is 5.92. The quantitative estimate of drug-likeness (QED) is 0.641. The molecule has 0 aliphatic carbocycles. The molecule has 2 amide bonds. The van der Waals surface area contributed by atoms with Gasteiger partial charge in [0.15, 0.2) is 0 Å². The van der Waals surface area contributed by atoms with Crippen molar-refractivity contribution in [2.45, 2.75) is 32.6 Å². The van der Waals surface area contributed by atoms with Crippen molar-refractivity contribution < 1.29 is 9.59 Å². The predicted molar refractivity (Wildman–Crippen MR) is 62.9 cm³/mol. The van der Waals surface area contributed by atoms with Crippen LogP contribution in [-0.4, -0.2) is 47.8 Å². The van der Waals surface area contributed by atoms with E-state index >= 15 is 0 Å². The third-order valence-electron chi connectivity index (χ3n) is 2.82. The summed E-state index contributed by atoms with van der Waals surface area (Å²) in [5.41, 5.74) is 0. The van der Waals surface area contributed by atoms with E-state index in [4.69, 9.17) is 5.26 Å². The molecule has 0 aromatic carbocycles. The average molecular weight is 237 g/mol. The normalized spacial score (nSPS) is 16.2. The van der Waals surface area contributed by atoms with Crippen LogP contribution in [0.4, 0.5) is 0 Å². The molecule has 0 radical (unpaired) electrons. The van der Waals surface area contributed by atoms with Crippen LogP contribution in [0.3, 0.4) is 0 Å². The minimum atomic E-state index is 0.0232. The number of hydrogen-bond acceptors (Lipinski definition) is 3. The van der Waals surface area contributed by atoms with E-state index in [0.717, 1.165) is 19.3 Å². The zero-order valence-electron chi connectivity index (χ0n) is 10.3. The van der Waals surface area contributed by atoms with Gasteiger partial charge in [0.1, 0.15) is 0 Å². The fourth-order valence-electron chi connectivity index (χ4n) is 1.89. The van der Waals surface area contributed by atoms with Gasteiger partial charge in [0.25, 0.3) is 0 Å². The van der Waals surface area contributed by atoms with Gasteiger partial charge in [-0.05, 0) is 19.3 Å². The van der Waals surface area contributed by atoms with E-state index < -0.39 is 0 Å². The number of amides is 2. The smallest absolute Gasteiger partial charge is 0.242 e. The van der Waals surface area contributed by atoms with E-state index in [1.165, 1.54) is 0 Å². The number of hydrogen-bond donors (Lipinski definition) is 0. The highest BCUT2D eigenvalue weighted by Gasteiger charge is 2.28. The molecule has 1 rings (SSSR count). The summed E-state index contributed by atoms with van der Waals surface area (Å²) in [7, 11) is 0. The topological polar surface area (TPSA) is 64.4 Å². The van der Waals surface area contributed by atoms with Gasteiger partial charge in [-0.2, -0.15) is 5.26 Å². The molecule has 1 aliphatic rings. The lowest BCUT2D eigenvalue weighted by Crippen LogP contribution is -2.53. The molecule has 0 aromatic rings. The van der Waals surface area contributed by atoms with Crippen LogP contribution in [0.1, 0.15) is 32.6 Å². The Kier molecular flexibility index (Phi) is 5.47. The van der Waals surface area contributed by atoms with Gasteiger partial charge in [0.2, 0.25) is 11.8 Å². The van der Waals surface area contributed by atoms with Crippen molar-refractivity contribution >= 4 is 11.8 Å². The average Bonchev–Trinajstić information content (AvgIpc) is 2.30. The highest BCUT2D eigenvalue weighted by atomic mass is 16.2. The molecule has 17 heavy (non-hydrogen) atoms. The second-order valence-electron chi connectivity index (χ2n) is 4.25. The predicted octanol–water partition coefficient (Wildman–Crippen LogP) is 0.761. The fraction of sp³-hybridized carbons (Fsp3) is 0.750. The van der Waals surface area contributed by atoms with Gasteiger partial charge >= 0.3 is 0 Å². The lowest BCUT2D eigenvalue weighted by atomic mass is 10.2. The van der Waals surface area contributed by atoms with E-state index in [1.807, 2.05) is 6.92 Å². The van der Waals surface area contributed by atoms with Gasteiger partial charge in [-0.15, -0.1) is 0 Å². The molecular formula is C12H19N3O2. The summed E-state index contributed by atoms with van der Waals surface area (Å²) in [6.45, 7) is 3.65. The van der Waals surface area contributed by atoms with Crippen molar-refractivity contribution in [2.24, 2.45) is 0 Å². The van der Waals surface area contributed by atoms with Crippen molar-refractivity contribution in [2.75, 3.05) is 26.2 Å². The van der Waals surface area contributed by atoms with Gasteiger partial charge < -0.3 is 9.80 Å². The molecule has 0 atom stereocenters. The fourth-order valence-corrected chi connectivity index (χ4v) is 1.89. The molecule has 0 bridgehead atoms. The lowest BCUT2D eigenvalue weighted by Gasteiger charge is -2.33. The Morgan fingerprint density at radius 1 is 1.12 bits per heavy atom. The van der Waals surface area contributed by atoms with Crippen LogP contribution < -0.4 is 0 Å². The van der Waals surface area contributed by atoms with Crippen LogP contribution in [0, 0.1) is 11.3 Å². The van der Waals surface area contributed by atoms with Crippen molar-refractivity contribution in [3.63, 3.8) is 0 Å². The third kappa shape index (κ3) is 4.06. The number of nitrogens with zero attached hydrogens (tertiary/aromatic N) is 3. The van der Waals surface area contributed by atoms with Crippen molar-refractivity contribution in [1.82, 2.24) is 9.80 Å². The molecule has 0 N–H and O–H groups in total. The second kappa shape index (κ2) is 6.89. The zero-order valence-corrected chi connectivity index (χ0v) is 10.3. The third-order valence-corrected chi connectivity index (χ3v) is 2.82. The Morgan fingerprint density at radius 3 is 2.24 bits per heavy atom. The Morgan fingerprint density at radius 2 is 1.71 bits per heavy atom. The van der Waals surface area contributed by atoms with Crippen LogP contribution in [0.5, 0.6) is 0 Å². The molecule has 1 fully saturated rings. The van der Waals surface area contributed by atoms with E-state index in [1.54, 1.807) is 9.80 Å². The largest absolute Gasteiger partial charge is 0.332 e. The van der Waals surface area contributed by atoms with Gasteiger partial charge in [0.05, 0.1) is 19.2 Å². The standard InChI is InChI=1S/C12H19N3O2/c1-2-7-14-9-12(17)15(10-11(14)16)8-5-3-4-6-13/h2-5,7-10H2,1H3. The number of piperazine rings is 1. The van der Waals surface area contributed by atoms with Crippen LogP contribution >= 0.6 is 0 Å². The zero-order chi connectivity index (χ0) is 12.7. The Hall–Kier alpha value is -1.57. The van der Waals surface area contributed by atoms with E-state index in [0.29, 0.717) is 19.5 Å². The van der Waals surface area contributed by atoms with Crippen molar-refractivity contribution in [3.8, 4) is 6.07 Å². The second-order valence-corrected chi connectivity index (χ2v) is 4.25. The van der Waals surface area contributed by atoms with Gasteiger partial charge in [0, 0.05) is 19.5 Å². The summed E-state index contributed by atoms with van der Waals surface area (Å²) in [5, 5.41) is 8.40. The molecule has 0 unspecified atom stereocenters. The number of carbonyl (C=O) groups is 2. The van der Waals surface area contributed by atoms with Crippen LogP contribution in [0.2, 0.25) is 0 Å². The maximum Gasteiger partial charge on any atom is 0.242 e. The number of rotatable bonds is 6. The molecule has 1 aliphatic heterocycles. The summed E-state index contributed by atoms with van der Waals surface area (Å²) >= 11 is 0.